The van der Waals surface area contributed by atoms with Gasteiger partial charge in [-0.2, -0.15) is 0 Å². The zero-order chi connectivity index (χ0) is 13.9. The van der Waals surface area contributed by atoms with Gasteiger partial charge in [0.1, 0.15) is 5.82 Å². The number of halogens is 1. The average molecular weight is 271 g/mol. The summed E-state index contributed by atoms with van der Waals surface area (Å²) in [5.74, 6) is -0.268. The molecule has 2 heterocycles. The van der Waals surface area contributed by atoms with Crippen molar-refractivity contribution in [3.8, 4) is 0 Å². The van der Waals surface area contributed by atoms with E-state index in [1.807, 2.05) is 19.3 Å². The van der Waals surface area contributed by atoms with Crippen LogP contribution in [0.3, 0.4) is 0 Å². The summed E-state index contributed by atoms with van der Waals surface area (Å²) in [6.07, 6.45) is 3.55. The van der Waals surface area contributed by atoms with E-state index in [4.69, 9.17) is 0 Å². The summed E-state index contributed by atoms with van der Waals surface area (Å²) in [6, 6.07) is 6.63. The van der Waals surface area contributed by atoms with Crippen LogP contribution in [0.4, 0.5) is 4.39 Å². The molecular formula is C14H14FN5. The third-order valence-electron chi connectivity index (χ3n) is 3.02. The molecule has 0 spiro atoms. The van der Waals surface area contributed by atoms with Gasteiger partial charge in [0.05, 0.1) is 24.0 Å². The minimum Gasteiger partial charge on any atom is -0.314 e. The van der Waals surface area contributed by atoms with Crippen molar-refractivity contribution in [3.63, 3.8) is 0 Å². The van der Waals surface area contributed by atoms with Gasteiger partial charge in [-0.3, -0.25) is 4.98 Å². The molecule has 102 valence electrons. The Balaban J connectivity index is 1.97. The van der Waals surface area contributed by atoms with E-state index < -0.39 is 0 Å². The Morgan fingerprint density at radius 1 is 1.35 bits per heavy atom. The second-order valence-corrected chi connectivity index (χ2v) is 4.58. The first-order valence-electron chi connectivity index (χ1n) is 6.33. The van der Waals surface area contributed by atoms with E-state index in [9.17, 15) is 4.39 Å². The van der Waals surface area contributed by atoms with Gasteiger partial charge in [0.15, 0.2) is 0 Å². The molecule has 0 saturated heterocycles. The molecule has 0 aliphatic rings. The van der Waals surface area contributed by atoms with Crippen molar-refractivity contribution in [2.75, 3.05) is 7.05 Å². The van der Waals surface area contributed by atoms with Gasteiger partial charge < -0.3 is 5.32 Å². The maximum absolute atomic E-state index is 13.6. The third-order valence-corrected chi connectivity index (χ3v) is 3.02. The average Bonchev–Trinajstić information content (AvgIpc) is 2.86. The summed E-state index contributed by atoms with van der Waals surface area (Å²) in [6.45, 7) is 1.10. The number of hydrogen-bond donors (Lipinski definition) is 1. The van der Waals surface area contributed by atoms with E-state index in [1.165, 1.54) is 12.1 Å². The van der Waals surface area contributed by atoms with E-state index in [0.29, 0.717) is 13.1 Å². The quantitative estimate of drug-likeness (QED) is 0.785. The highest BCUT2D eigenvalue weighted by Gasteiger charge is 2.07. The van der Waals surface area contributed by atoms with E-state index >= 15 is 0 Å². The summed E-state index contributed by atoms with van der Waals surface area (Å²) in [5, 5.41) is 11.9. The Kier molecular flexibility index (Phi) is 3.39. The molecule has 3 rings (SSSR count). The lowest BCUT2D eigenvalue weighted by Gasteiger charge is -2.06. The monoisotopic (exact) mass is 271 g/mol. The molecule has 1 N–H and O–H groups in total. The van der Waals surface area contributed by atoms with Crippen LogP contribution in [0.5, 0.6) is 0 Å². The standard InChI is InChI=1S/C14H14FN5/c1-16-7-13-9-20(19-18-13)8-11-6-12(15)5-10-3-2-4-17-14(10)11/h2-6,9,16H,7-8H2,1H3. The Hall–Kier alpha value is -2.34. The molecule has 5 nitrogen and oxygen atoms in total. The molecule has 0 aliphatic heterocycles. The van der Waals surface area contributed by atoms with Gasteiger partial charge in [-0.25, -0.2) is 9.07 Å². The minimum atomic E-state index is -0.268. The molecule has 0 fully saturated rings. The molecule has 20 heavy (non-hydrogen) atoms. The third kappa shape index (κ3) is 2.50. The van der Waals surface area contributed by atoms with Gasteiger partial charge in [-0.1, -0.05) is 11.3 Å². The van der Waals surface area contributed by atoms with Crippen LogP contribution in [0.1, 0.15) is 11.3 Å². The highest BCUT2D eigenvalue weighted by molar-refractivity contribution is 5.81. The molecule has 0 unspecified atom stereocenters. The number of pyridine rings is 1. The van der Waals surface area contributed by atoms with Crippen molar-refractivity contribution in [1.29, 1.82) is 0 Å². The van der Waals surface area contributed by atoms with Crippen molar-refractivity contribution in [2.24, 2.45) is 0 Å². The van der Waals surface area contributed by atoms with Crippen LogP contribution in [0.2, 0.25) is 0 Å². The first kappa shape index (κ1) is 12.7. The fourth-order valence-corrected chi connectivity index (χ4v) is 2.20. The van der Waals surface area contributed by atoms with Gasteiger partial charge in [0.25, 0.3) is 0 Å². The van der Waals surface area contributed by atoms with Gasteiger partial charge in [0, 0.05) is 23.7 Å². The Labute approximate surface area is 115 Å². The zero-order valence-electron chi connectivity index (χ0n) is 11.0. The lowest BCUT2D eigenvalue weighted by atomic mass is 10.1. The Bertz CT molecular complexity index is 737. The van der Waals surface area contributed by atoms with Crippen molar-refractivity contribution < 1.29 is 4.39 Å². The maximum atomic E-state index is 13.6. The van der Waals surface area contributed by atoms with Gasteiger partial charge >= 0.3 is 0 Å². The minimum absolute atomic E-state index is 0.268. The Morgan fingerprint density at radius 2 is 2.25 bits per heavy atom. The number of nitrogens with zero attached hydrogens (tertiary/aromatic N) is 4. The SMILES string of the molecule is CNCc1cn(Cc2cc(F)cc3cccnc23)nn1. The van der Waals surface area contributed by atoms with Crippen molar-refractivity contribution in [1.82, 2.24) is 25.3 Å². The van der Waals surface area contributed by atoms with Gasteiger partial charge in [-0.15, -0.1) is 5.10 Å². The molecule has 3 aromatic rings. The molecular weight excluding hydrogens is 257 g/mol. The lowest BCUT2D eigenvalue weighted by Crippen LogP contribution is -2.05. The normalized spacial score (nSPS) is 11.1. The van der Waals surface area contributed by atoms with Crippen LogP contribution in [-0.4, -0.2) is 27.0 Å². The number of nitrogens with one attached hydrogen (secondary N) is 1. The molecule has 0 saturated carbocycles. The van der Waals surface area contributed by atoms with Crippen LogP contribution >= 0.6 is 0 Å². The van der Waals surface area contributed by atoms with Crippen molar-refractivity contribution >= 4 is 10.9 Å². The number of rotatable bonds is 4. The van der Waals surface area contributed by atoms with E-state index in [2.05, 4.69) is 20.6 Å². The van der Waals surface area contributed by atoms with Gasteiger partial charge in [-0.05, 0) is 25.2 Å². The summed E-state index contributed by atoms with van der Waals surface area (Å²) in [4.78, 5) is 4.32. The molecule has 0 radical (unpaired) electrons. The first-order valence-corrected chi connectivity index (χ1v) is 6.33. The van der Waals surface area contributed by atoms with Crippen molar-refractivity contribution in [3.05, 3.63) is 53.7 Å². The molecule has 0 aliphatic carbocycles. The number of hydrogen-bond acceptors (Lipinski definition) is 4. The number of fused-ring (bicyclic) bond motifs is 1. The molecule has 2 aromatic heterocycles. The van der Waals surface area contributed by atoms with Gasteiger partial charge in [0.2, 0.25) is 0 Å². The number of aromatic nitrogens is 4. The van der Waals surface area contributed by atoms with E-state index in [1.54, 1.807) is 16.9 Å². The van der Waals surface area contributed by atoms with E-state index in [0.717, 1.165) is 22.2 Å². The highest BCUT2D eigenvalue weighted by Crippen LogP contribution is 2.19. The smallest absolute Gasteiger partial charge is 0.124 e. The summed E-state index contributed by atoms with van der Waals surface area (Å²) >= 11 is 0. The lowest BCUT2D eigenvalue weighted by molar-refractivity contribution is 0.617. The van der Waals surface area contributed by atoms with Crippen molar-refractivity contribution in [2.45, 2.75) is 13.1 Å². The summed E-state index contributed by atoms with van der Waals surface area (Å²) in [7, 11) is 1.85. The first-order chi connectivity index (χ1) is 9.76. The number of benzene rings is 1. The second kappa shape index (κ2) is 5.34. The molecule has 0 amide bonds. The van der Waals surface area contributed by atoms with Crippen LogP contribution in [0, 0.1) is 5.82 Å². The van der Waals surface area contributed by atoms with Crippen LogP contribution in [-0.2, 0) is 13.1 Å². The van der Waals surface area contributed by atoms with E-state index in [-0.39, 0.29) is 5.82 Å². The maximum Gasteiger partial charge on any atom is 0.124 e. The molecule has 6 heteroatoms. The van der Waals surface area contributed by atoms with Crippen LogP contribution < -0.4 is 5.32 Å². The Morgan fingerprint density at radius 3 is 3.10 bits per heavy atom. The molecule has 0 bridgehead atoms. The largest absolute Gasteiger partial charge is 0.314 e. The zero-order valence-corrected chi connectivity index (χ0v) is 11.0. The van der Waals surface area contributed by atoms with Crippen LogP contribution in [0.15, 0.2) is 36.7 Å². The molecule has 1 aromatic carbocycles. The second-order valence-electron chi connectivity index (χ2n) is 4.58. The fraction of sp³-hybridized carbons (Fsp3) is 0.214. The highest BCUT2D eigenvalue weighted by atomic mass is 19.1. The summed E-state index contributed by atoms with van der Waals surface area (Å²) in [5.41, 5.74) is 2.43. The summed E-state index contributed by atoms with van der Waals surface area (Å²) < 4.78 is 15.3. The fourth-order valence-electron chi connectivity index (χ4n) is 2.20. The predicted octanol–water partition coefficient (Wildman–Crippen LogP) is 1.73. The molecule has 0 atom stereocenters. The predicted molar refractivity (Wildman–Crippen MR) is 73.6 cm³/mol. The van der Waals surface area contributed by atoms with Crippen LogP contribution in [0.25, 0.3) is 10.9 Å². The topological polar surface area (TPSA) is 55.6 Å².